The van der Waals surface area contributed by atoms with Crippen LogP contribution >= 0.6 is 0 Å². The number of aromatic nitrogens is 4. The largest absolute Gasteiger partial charge is 0.309 e. The lowest BCUT2D eigenvalue weighted by atomic mass is 9.97. The summed E-state index contributed by atoms with van der Waals surface area (Å²) in [6, 6.07) is 77.9. The van der Waals surface area contributed by atoms with Gasteiger partial charge < -0.3 is 18.3 Å². The third-order valence-corrected chi connectivity index (χ3v) is 14.2. The van der Waals surface area contributed by atoms with Gasteiger partial charge in [-0.1, -0.05) is 115 Å². The van der Waals surface area contributed by atoms with Gasteiger partial charge in [0.05, 0.1) is 73.7 Å². The molecule has 6 heteroatoms. The molecule has 0 aliphatic rings. The average Bonchev–Trinajstić information content (AvgIpc) is 4.13. The van der Waals surface area contributed by atoms with Crippen LogP contribution in [0.25, 0.3) is 126 Å². The second-order valence-corrected chi connectivity index (χ2v) is 18.0. The van der Waals surface area contributed by atoms with Crippen LogP contribution in [0.5, 0.6) is 0 Å². The number of hydrogen-bond acceptors (Lipinski definition) is 1. The standard InChI is InChI=1S/C63H38N6/c1-39-31-40(38-64)33-41(32-39)50-36-62(68-58-25-13-7-19-48(58)51-34-42(27-29-60(51)68)66-54-21-9-3-15-44(54)45-16-4-10-22-55(45)66)63(37-53(50)65-2)69-59-26-14-8-20-49(59)52-35-43(28-30-61(52)69)67-56-23-11-5-17-46(56)47-18-6-12-24-57(47)67/h3-37H,1H3. The quantitative estimate of drug-likeness (QED) is 0.159. The van der Waals surface area contributed by atoms with Gasteiger partial charge in [0, 0.05) is 54.5 Å². The molecule has 0 bridgehead atoms. The Bertz CT molecular complexity index is 4490. The maximum atomic E-state index is 10.1. The highest BCUT2D eigenvalue weighted by atomic mass is 15.1. The summed E-state index contributed by atoms with van der Waals surface area (Å²) >= 11 is 0. The molecule has 0 radical (unpaired) electrons. The predicted molar refractivity (Wildman–Crippen MR) is 285 cm³/mol. The van der Waals surface area contributed by atoms with Crippen molar-refractivity contribution in [3.8, 4) is 39.9 Å². The molecule has 0 aliphatic carbocycles. The third kappa shape index (κ3) is 5.58. The van der Waals surface area contributed by atoms with Crippen molar-refractivity contribution in [1.82, 2.24) is 18.3 Å². The summed E-state index contributed by atoms with van der Waals surface area (Å²) in [6.45, 7) is 10.7. The lowest BCUT2D eigenvalue weighted by Gasteiger charge is -2.20. The molecule has 0 saturated heterocycles. The lowest BCUT2D eigenvalue weighted by Crippen LogP contribution is -2.04. The van der Waals surface area contributed by atoms with Crippen LogP contribution < -0.4 is 0 Å². The van der Waals surface area contributed by atoms with E-state index in [1.807, 2.05) is 19.1 Å². The van der Waals surface area contributed by atoms with Crippen molar-refractivity contribution in [3.63, 3.8) is 0 Å². The number of nitriles is 1. The number of nitrogens with zero attached hydrogens (tertiary/aromatic N) is 6. The average molecular weight is 879 g/mol. The van der Waals surface area contributed by atoms with Crippen molar-refractivity contribution >= 4 is 92.9 Å². The minimum Gasteiger partial charge on any atom is -0.309 e. The van der Waals surface area contributed by atoms with Crippen LogP contribution in [0.15, 0.2) is 212 Å². The number of para-hydroxylation sites is 6. The highest BCUT2D eigenvalue weighted by Gasteiger charge is 2.24. The normalized spacial score (nSPS) is 11.8. The second-order valence-electron chi connectivity index (χ2n) is 18.0. The highest BCUT2D eigenvalue weighted by Crippen LogP contribution is 2.45. The summed E-state index contributed by atoms with van der Waals surface area (Å²) in [5.41, 5.74) is 16.4. The molecule has 0 N–H and O–H groups in total. The zero-order valence-electron chi connectivity index (χ0n) is 37.4. The highest BCUT2D eigenvalue weighted by molar-refractivity contribution is 6.15. The molecule has 0 fully saturated rings. The molecule has 0 amide bonds. The van der Waals surface area contributed by atoms with Gasteiger partial charge in [-0.15, -0.1) is 0 Å². The van der Waals surface area contributed by atoms with Gasteiger partial charge >= 0.3 is 0 Å². The first-order chi connectivity index (χ1) is 34.1. The van der Waals surface area contributed by atoms with Crippen molar-refractivity contribution in [3.05, 3.63) is 235 Å². The van der Waals surface area contributed by atoms with Gasteiger partial charge in [-0.3, -0.25) is 0 Å². The van der Waals surface area contributed by atoms with E-state index in [0.29, 0.717) is 11.3 Å². The number of aryl methyl sites for hydroxylation is 1. The van der Waals surface area contributed by atoms with Crippen molar-refractivity contribution in [2.75, 3.05) is 0 Å². The van der Waals surface area contributed by atoms with E-state index in [-0.39, 0.29) is 0 Å². The van der Waals surface area contributed by atoms with Crippen LogP contribution in [0, 0.1) is 24.8 Å². The van der Waals surface area contributed by atoms with E-state index < -0.39 is 0 Å². The minimum atomic E-state index is 0.505. The Balaban J connectivity index is 1.08. The molecule has 0 aliphatic heterocycles. The lowest BCUT2D eigenvalue weighted by molar-refractivity contribution is 1.09. The summed E-state index contributed by atoms with van der Waals surface area (Å²) in [7, 11) is 0. The summed E-state index contributed by atoms with van der Waals surface area (Å²) in [6.07, 6.45) is 0. The van der Waals surface area contributed by atoms with Gasteiger partial charge in [-0.05, 0) is 121 Å². The zero-order valence-corrected chi connectivity index (χ0v) is 37.4. The molecule has 10 aromatic carbocycles. The van der Waals surface area contributed by atoms with Crippen LogP contribution in [0.2, 0.25) is 0 Å². The van der Waals surface area contributed by atoms with E-state index in [1.54, 1.807) is 0 Å². The molecule has 0 saturated carbocycles. The SMILES string of the molecule is [C-]#[N+]c1cc(-n2c3ccccc3c3cc(-n4c5ccccc5c5ccccc54)ccc32)c(-n2c3ccccc3c3cc(-n4c5ccccc5c5ccccc54)ccc32)cc1-c1cc(C)cc(C#N)c1. The van der Waals surface area contributed by atoms with E-state index in [0.717, 1.165) is 105 Å². The minimum absolute atomic E-state index is 0.505. The Labute approximate surface area is 396 Å². The molecule has 14 aromatic rings. The fourth-order valence-corrected chi connectivity index (χ4v) is 11.4. The zero-order chi connectivity index (χ0) is 45.9. The topological polar surface area (TPSA) is 47.9 Å². The number of hydrogen-bond donors (Lipinski definition) is 0. The Morgan fingerprint density at radius 2 is 0.739 bits per heavy atom. The van der Waals surface area contributed by atoms with E-state index in [4.69, 9.17) is 6.57 Å². The number of fused-ring (bicyclic) bond motifs is 12. The molecule has 0 spiro atoms. The Hall–Kier alpha value is -9.62. The summed E-state index contributed by atoms with van der Waals surface area (Å²) in [5, 5.41) is 19.5. The maximum Gasteiger partial charge on any atom is 0.197 e. The Kier molecular flexibility index (Phi) is 8.23. The van der Waals surface area contributed by atoms with Crippen molar-refractivity contribution < 1.29 is 0 Å². The van der Waals surface area contributed by atoms with Crippen molar-refractivity contribution in [2.45, 2.75) is 6.92 Å². The summed E-state index contributed by atoms with van der Waals surface area (Å²) < 4.78 is 9.47. The fourth-order valence-electron chi connectivity index (χ4n) is 11.4. The first-order valence-electron chi connectivity index (χ1n) is 23.2. The van der Waals surface area contributed by atoms with E-state index in [2.05, 4.69) is 229 Å². The van der Waals surface area contributed by atoms with E-state index in [1.165, 1.54) is 21.5 Å². The summed E-state index contributed by atoms with van der Waals surface area (Å²) in [5.74, 6) is 0. The van der Waals surface area contributed by atoms with Gasteiger partial charge in [0.25, 0.3) is 0 Å². The molecular weight excluding hydrogens is 841 g/mol. The number of rotatable bonds is 5. The molecular formula is C63H38N6. The molecule has 320 valence electrons. The van der Waals surface area contributed by atoms with Gasteiger partial charge in [0.15, 0.2) is 5.69 Å². The third-order valence-electron chi connectivity index (χ3n) is 14.2. The Morgan fingerprint density at radius 1 is 0.377 bits per heavy atom. The van der Waals surface area contributed by atoms with Gasteiger partial charge in [-0.25, -0.2) is 4.85 Å². The summed E-state index contributed by atoms with van der Waals surface area (Å²) in [4.78, 5) is 4.24. The Morgan fingerprint density at radius 3 is 1.14 bits per heavy atom. The van der Waals surface area contributed by atoms with Crippen LogP contribution in [0.1, 0.15) is 11.1 Å². The monoisotopic (exact) mass is 878 g/mol. The second kappa shape index (κ2) is 14.7. The molecule has 14 rings (SSSR count). The van der Waals surface area contributed by atoms with E-state index in [9.17, 15) is 5.26 Å². The van der Waals surface area contributed by atoms with Gasteiger partial charge in [-0.2, -0.15) is 5.26 Å². The van der Waals surface area contributed by atoms with Crippen LogP contribution in [0.4, 0.5) is 5.69 Å². The first kappa shape index (κ1) is 38.6. The van der Waals surface area contributed by atoms with E-state index >= 15 is 0 Å². The van der Waals surface area contributed by atoms with Crippen LogP contribution in [0.3, 0.4) is 0 Å². The molecule has 4 aromatic heterocycles. The molecule has 0 atom stereocenters. The fraction of sp³-hybridized carbons (Fsp3) is 0.0159. The predicted octanol–water partition coefficient (Wildman–Crippen LogP) is 16.5. The number of benzene rings is 10. The van der Waals surface area contributed by atoms with Gasteiger partial charge in [0.1, 0.15) is 0 Å². The molecule has 4 heterocycles. The molecule has 69 heavy (non-hydrogen) atoms. The first-order valence-corrected chi connectivity index (χ1v) is 23.2. The van der Waals surface area contributed by atoms with Crippen LogP contribution in [-0.4, -0.2) is 18.3 Å². The smallest absolute Gasteiger partial charge is 0.197 e. The molecule has 6 nitrogen and oxygen atoms in total. The van der Waals surface area contributed by atoms with Crippen LogP contribution in [-0.2, 0) is 0 Å². The van der Waals surface area contributed by atoms with Crippen molar-refractivity contribution in [2.24, 2.45) is 0 Å². The molecule has 0 unspecified atom stereocenters. The van der Waals surface area contributed by atoms with Crippen molar-refractivity contribution in [1.29, 1.82) is 5.26 Å². The maximum absolute atomic E-state index is 10.1. The van der Waals surface area contributed by atoms with Gasteiger partial charge in [0.2, 0.25) is 0 Å².